The lowest BCUT2D eigenvalue weighted by molar-refractivity contribution is 0.0922. The standard InChI is InChI=1S/C11H12Cl2N2OS.C11H13ClN4S.H4N2/c1-17-11-14-9(12)7(10(13)15-11)8(16)6-4-2-3-5-6;1-17-11-13-9(12)7-8(6-4-2-3-5-6)15-16-10(7)14-11;1-2/h6H,2-5H2,1H3;6H,2-5H2,1H3,(H,13,14,15,16);1-2H2. The number of rotatable bonds is 5. The second-order valence-electron chi connectivity index (χ2n) is 8.33. The topological polar surface area (TPSA) is 149 Å². The fraction of sp³-hybridized carbons (Fsp3) is 0.545. The van der Waals surface area contributed by atoms with Gasteiger partial charge in [0.2, 0.25) is 0 Å². The molecule has 0 radical (unpaired) electrons. The number of H-pyrrole nitrogens is 1. The largest absolute Gasteiger partial charge is 0.294 e. The highest BCUT2D eigenvalue weighted by Crippen LogP contribution is 2.38. The zero-order valence-corrected chi connectivity index (χ0v) is 24.0. The van der Waals surface area contributed by atoms with Gasteiger partial charge in [0.1, 0.15) is 15.5 Å². The molecule has 2 fully saturated rings. The van der Waals surface area contributed by atoms with Crippen molar-refractivity contribution in [2.24, 2.45) is 17.6 Å². The Morgan fingerprint density at radius 2 is 1.33 bits per heavy atom. The number of nitrogens with zero attached hydrogens (tertiary/aromatic N) is 5. The van der Waals surface area contributed by atoms with Gasteiger partial charge >= 0.3 is 0 Å². The van der Waals surface area contributed by atoms with E-state index in [0.29, 0.717) is 27.0 Å². The van der Waals surface area contributed by atoms with E-state index in [4.69, 9.17) is 34.8 Å². The molecule has 5 N–H and O–H groups in total. The number of aromatic nitrogens is 6. The molecule has 0 saturated heterocycles. The maximum Gasteiger partial charge on any atom is 0.190 e. The summed E-state index contributed by atoms with van der Waals surface area (Å²) in [6.07, 6.45) is 12.8. The van der Waals surface area contributed by atoms with Crippen LogP contribution in [0.25, 0.3) is 11.0 Å². The molecule has 2 aliphatic carbocycles. The van der Waals surface area contributed by atoms with E-state index in [-0.39, 0.29) is 27.6 Å². The van der Waals surface area contributed by atoms with Crippen molar-refractivity contribution >= 4 is 75.1 Å². The zero-order valence-electron chi connectivity index (χ0n) is 20.1. The molecule has 2 saturated carbocycles. The van der Waals surface area contributed by atoms with Gasteiger partial charge < -0.3 is 0 Å². The predicted octanol–water partition coefficient (Wildman–Crippen LogP) is 6.08. The molecule has 36 heavy (non-hydrogen) atoms. The van der Waals surface area contributed by atoms with Crippen molar-refractivity contribution in [3.05, 3.63) is 26.7 Å². The number of carbonyl (C=O) groups excluding carboxylic acids is 1. The highest BCUT2D eigenvalue weighted by molar-refractivity contribution is 7.98. The van der Waals surface area contributed by atoms with Crippen LogP contribution < -0.4 is 11.7 Å². The molecule has 5 rings (SSSR count). The molecule has 0 atom stereocenters. The van der Waals surface area contributed by atoms with Gasteiger partial charge in [0.05, 0.1) is 16.6 Å². The molecule has 3 aromatic rings. The van der Waals surface area contributed by atoms with E-state index < -0.39 is 0 Å². The van der Waals surface area contributed by atoms with E-state index in [1.165, 1.54) is 49.2 Å². The highest BCUT2D eigenvalue weighted by Gasteiger charge is 2.29. The summed E-state index contributed by atoms with van der Waals surface area (Å²) in [5, 5.41) is 10.3. The fourth-order valence-corrected chi connectivity index (χ4v) is 6.28. The van der Waals surface area contributed by atoms with E-state index >= 15 is 0 Å². The molecule has 2 aliphatic rings. The molecular weight excluding hydrogens is 563 g/mol. The van der Waals surface area contributed by atoms with E-state index in [1.807, 2.05) is 12.5 Å². The minimum absolute atomic E-state index is 0.00912. The van der Waals surface area contributed by atoms with Crippen LogP contribution in [0.4, 0.5) is 0 Å². The van der Waals surface area contributed by atoms with Gasteiger partial charge in [-0.05, 0) is 38.2 Å². The van der Waals surface area contributed by atoms with Crippen LogP contribution >= 0.6 is 58.3 Å². The van der Waals surface area contributed by atoms with Crippen molar-refractivity contribution in [2.75, 3.05) is 12.5 Å². The molecule has 0 amide bonds. The first-order valence-corrected chi connectivity index (χ1v) is 15.1. The van der Waals surface area contributed by atoms with Crippen molar-refractivity contribution in [3.8, 4) is 0 Å². The third-order valence-electron chi connectivity index (χ3n) is 6.28. The number of nitrogens with two attached hydrogens (primary N) is 2. The van der Waals surface area contributed by atoms with E-state index in [9.17, 15) is 4.79 Å². The maximum absolute atomic E-state index is 12.2. The molecule has 0 spiro atoms. The lowest BCUT2D eigenvalue weighted by Crippen LogP contribution is -2.14. The first-order chi connectivity index (χ1) is 17.4. The molecular formula is C22H29Cl3N8OS2. The van der Waals surface area contributed by atoms with Gasteiger partial charge in [0.15, 0.2) is 21.7 Å². The smallest absolute Gasteiger partial charge is 0.190 e. The Morgan fingerprint density at radius 3 is 1.89 bits per heavy atom. The van der Waals surface area contributed by atoms with Crippen LogP contribution in [0.5, 0.6) is 0 Å². The Bertz CT molecular complexity index is 1160. The summed E-state index contributed by atoms with van der Waals surface area (Å²) in [6.45, 7) is 0. The van der Waals surface area contributed by atoms with Crippen LogP contribution in [0.15, 0.2) is 10.3 Å². The molecule has 14 heteroatoms. The molecule has 9 nitrogen and oxygen atoms in total. The molecule has 196 valence electrons. The van der Waals surface area contributed by atoms with E-state index in [1.54, 1.807) is 0 Å². The average Bonchev–Trinajstić information content (AvgIpc) is 3.66. The van der Waals surface area contributed by atoms with Crippen LogP contribution in [0.2, 0.25) is 15.5 Å². The number of hydrogen-bond acceptors (Lipinski definition) is 10. The monoisotopic (exact) mass is 590 g/mol. The number of nitrogens with one attached hydrogen (secondary N) is 1. The van der Waals surface area contributed by atoms with Crippen molar-refractivity contribution < 1.29 is 4.79 Å². The van der Waals surface area contributed by atoms with Gasteiger partial charge in [-0.3, -0.25) is 21.6 Å². The number of halogens is 3. The maximum atomic E-state index is 12.2. The summed E-state index contributed by atoms with van der Waals surface area (Å²) in [5.74, 6) is 8.57. The quantitative estimate of drug-likeness (QED) is 0.0795. The normalized spacial score (nSPS) is 16.0. The summed E-state index contributed by atoms with van der Waals surface area (Å²) in [6, 6.07) is 0. The SMILES string of the molecule is CSc1nc(Cl)c(C(=O)C2CCCC2)c(Cl)n1.CSc1nc(Cl)c2c(C3CCCC3)[nH]nc2n1.NN. The van der Waals surface area contributed by atoms with E-state index in [2.05, 4.69) is 41.8 Å². The summed E-state index contributed by atoms with van der Waals surface area (Å²) in [4.78, 5) is 29.0. The fourth-order valence-electron chi connectivity index (χ4n) is 4.56. The van der Waals surface area contributed by atoms with Crippen LogP contribution in [0.3, 0.4) is 0 Å². The number of hydrogen-bond donors (Lipinski definition) is 3. The Balaban J connectivity index is 0.000000188. The number of aromatic amines is 1. The number of thioether (sulfide) groups is 2. The summed E-state index contributed by atoms with van der Waals surface area (Å²) >= 11 is 21.1. The van der Waals surface area contributed by atoms with E-state index in [0.717, 1.165) is 36.8 Å². The number of Topliss-reactive ketones (excluding diaryl/α,β-unsaturated/α-hetero) is 1. The van der Waals surface area contributed by atoms with Crippen LogP contribution in [0, 0.1) is 5.92 Å². The van der Waals surface area contributed by atoms with Crippen molar-refractivity contribution in [3.63, 3.8) is 0 Å². The summed E-state index contributed by atoms with van der Waals surface area (Å²) < 4.78 is 0. The third kappa shape index (κ3) is 6.80. The van der Waals surface area contributed by atoms with Gasteiger partial charge in [-0.1, -0.05) is 84.0 Å². The lowest BCUT2D eigenvalue weighted by atomic mass is 9.98. The van der Waals surface area contributed by atoms with Crippen LogP contribution in [-0.2, 0) is 0 Å². The number of fused-ring (bicyclic) bond motifs is 1. The number of hydrazine groups is 1. The molecule has 0 aliphatic heterocycles. The van der Waals surface area contributed by atoms with Crippen LogP contribution in [0.1, 0.15) is 73.3 Å². The van der Waals surface area contributed by atoms with Gasteiger partial charge in [-0.25, -0.2) is 19.9 Å². The van der Waals surface area contributed by atoms with Crippen LogP contribution in [-0.4, -0.2) is 48.4 Å². The minimum atomic E-state index is -0.00912. The van der Waals surface area contributed by atoms with Gasteiger partial charge in [-0.2, -0.15) is 5.10 Å². The van der Waals surface area contributed by atoms with Crippen molar-refractivity contribution in [2.45, 2.75) is 67.6 Å². The van der Waals surface area contributed by atoms with Crippen molar-refractivity contribution in [1.82, 2.24) is 30.1 Å². The Morgan fingerprint density at radius 1 is 0.833 bits per heavy atom. The van der Waals surface area contributed by atoms with Gasteiger partial charge in [-0.15, -0.1) is 0 Å². The van der Waals surface area contributed by atoms with Gasteiger partial charge in [0, 0.05) is 11.8 Å². The third-order valence-corrected chi connectivity index (χ3v) is 8.19. The molecule has 3 aromatic heterocycles. The Kier molecular flexibility index (Phi) is 11.5. The predicted molar refractivity (Wildman–Crippen MR) is 148 cm³/mol. The molecule has 0 aromatic carbocycles. The zero-order chi connectivity index (χ0) is 26.2. The average molecular weight is 592 g/mol. The summed E-state index contributed by atoms with van der Waals surface area (Å²) in [5.41, 5.74) is 2.10. The number of carbonyl (C=O) groups is 1. The number of ketones is 1. The van der Waals surface area contributed by atoms with Gasteiger partial charge in [0.25, 0.3) is 0 Å². The van der Waals surface area contributed by atoms with Crippen molar-refractivity contribution in [1.29, 1.82) is 0 Å². The molecule has 0 bridgehead atoms. The Labute approximate surface area is 233 Å². The Hall–Kier alpha value is -1.21. The second-order valence-corrected chi connectivity index (χ2v) is 11.0. The molecule has 3 heterocycles. The minimum Gasteiger partial charge on any atom is -0.294 e. The lowest BCUT2D eigenvalue weighted by Gasteiger charge is -2.10. The molecule has 0 unspecified atom stereocenters. The second kappa shape index (κ2) is 14.1. The highest BCUT2D eigenvalue weighted by atomic mass is 35.5. The first-order valence-electron chi connectivity index (χ1n) is 11.5. The first kappa shape index (κ1) is 29.3. The summed E-state index contributed by atoms with van der Waals surface area (Å²) in [7, 11) is 0.